The highest BCUT2D eigenvalue weighted by atomic mass is 16.4. The Balaban J connectivity index is 1.07. The average molecular weight is 520 g/mol. The summed E-state index contributed by atoms with van der Waals surface area (Å²) in [4.78, 5) is 41.8. The zero-order valence-electron chi connectivity index (χ0n) is 21.0. The molecule has 0 spiro atoms. The number of benzene rings is 3. The maximum Gasteiger partial charge on any atom is 0.344 e. The molecule has 0 atom stereocenters. The van der Waals surface area contributed by atoms with Gasteiger partial charge in [-0.1, -0.05) is 30.3 Å². The van der Waals surface area contributed by atoms with Crippen LogP contribution in [-0.4, -0.2) is 42.9 Å². The molecule has 1 N–H and O–H groups in total. The molecule has 8 heteroatoms. The minimum atomic E-state index is -0.420. The quantitative estimate of drug-likeness (QED) is 0.318. The van der Waals surface area contributed by atoms with Crippen molar-refractivity contribution < 1.29 is 18.4 Å². The number of rotatable bonds is 5. The molecule has 1 aliphatic rings. The maximum atomic E-state index is 12.8. The topological polar surface area (TPSA) is 96.0 Å². The van der Waals surface area contributed by atoms with Crippen molar-refractivity contribution >= 4 is 34.2 Å². The molecular weight excluding hydrogens is 494 g/mol. The number of anilines is 2. The number of nitrogens with one attached hydrogen (secondary N) is 1. The third kappa shape index (κ3) is 5.04. The Labute approximate surface area is 224 Å². The predicted octanol–water partition coefficient (Wildman–Crippen LogP) is 5.27. The molecule has 6 rings (SSSR count). The van der Waals surface area contributed by atoms with Crippen molar-refractivity contribution in [3.05, 3.63) is 119 Å². The van der Waals surface area contributed by atoms with E-state index in [0.717, 1.165) is 11.1 Å². The fourth-order valence-corrected chi connectivity index (χ4v) is 4.75. The SMILES string of the molecule is O=C(Nc1ccc(N2CCN(C(=O)c3ccco3)CC2)cc1)c1ccc(-c2cc3ccccc3oc2=O)cc1. The number of furan rings is 1. The largest absolute Gasteiger partial charge is 0.459 e. The van der Waals surface area contributed by atoms with Crippen LogP contribution in [0.4, 0.5) is 11.4 Å². The summed E-state index contributed by atoms with van der Waals surface area (Å²) in [7, 11) is 0. The van der Waals surface area contributed by atoms with Crippen LogP contribution in [0.3, 0.4) is 0 Å². The third-order valence-corrected chi connectivity index (χ3v) is 6.89. The van der Waals surface area contributed by atoms with Crippen LogP contribution >= 0.6 is 0 Å². The number of piperazine rings is 1. The molecule has 1 fully saturated rings. The third-order valence-electron chi connectivity index (χ3n) is 6.89. The van der Waals surface area contributed by atoms with Gasteiger partial charge in [0.15, 0.2) is 5.76 Å². The smallest absolute Gasteiger partial charge is 0.344 e. The molecule has 0 aliphatic carbocycles. The summed E-state index contributed by atoms with van der Waals surface area (Å²) in [6.07, 6.45) is 1.50. The lowest BCUT2D eigenvalue weighted by molar-refractivity contribution is 0.0714. The molecular formula is C31H25N3O5. The molecule has 3 aromatic carbocycles. The molecule has 0 unspecified atom stereocenters. The molecule has 0 radical (unpaired) electrons. The average Bonchev–Trinajstić information content (AvgIpc) is 3.52. The summed E-state index contributed by atoms with van der Waals surface area (Å²) in [6, 6.07) is 27.1. The van der Waals surface area contributed by atoms with Gasteiger partial charge in [-0.15, -0.1) is 0 Å². The first kappa shape index (κ1) is 24.2. The Morgan fingerprint density at radius 1 is 0.795 bits per heavy atom. The second-order valence-corrected chi connectivity index (χ2v) is 9.32. The van der Waals surface area contributed by atoms with E-state index in [2.05, 4.69) is 10.2 Å². The number of carbonyl (C=O) groups is 2. The van der Waals surface area contributed by atoms with Gasteiger partial charge in [0, 0.05) is 48.5 Å². The summed E-state index contributed by atoms with van der Waals surface area (Å²) in [5.74, 6) is 0.0221. The van der Waals surface area contributed by atoms with Gasteiger partial charge in [0.1, 0.15) is 5.58 Å². The Morgan fingerprint density at radius 2 is 1.54 bits per heavy atom. The number of para-hydroxylation sites is 1. The van der Waals surface area contributed by atoms with Crippen LogP contribution < -0.4 is 15.8 Å². The number of carbonyl (C=O) groups excluding carboxylic acids is 2. The van der Waals surface area contributed by atoms with Crippen LogP contribution in [0.25, 0.3) is 22.1 Å². The van der Waals surface area contributed by atoms with Crippen LogP contribution in [0.2, 0.25) is 0 Å². The molecule has 1 aliphatic heterocycles. The second-order valence-electron chi connectivity index (χ2n) is 9.32. The molecule has 8 nitrogen and oxygen atoms in total. The molecule has 3 heterocycles. The number of nitrogens with zero attached hydrogens (tertiary/aromatic N) is 2. The standard InChI is InChI=1S/C31H25N3O5/c35-29(22-9-7-21(8-10-22)26-20-23-4-1-2-5-27(23)39-31(26)37)32-24-11-13-25(14-12-24)33-15-17-34(18-16-33)30(36)28-6-3-19-38-28/h1-14,19-20H,15-18H2,(H,32,35). The minimum Gasteiger partial charge on any atom is -0.459 e. The molecule has 5 aromatic rings. The van der Waals surface area contributed by atoms with Crippen LogP contribution in [0.1, 0.15) is 20.9 Å². The predicted molar refractivity (Wildman–Crippen MR) is 149 cm³/mol. The van der Waals surface area contributed by atoms with Crippen LogP contribution in [0, 0.1) is 0 Å². The van der Waals surface area contributed by atoms with E-state index in [1.54, 1.807) is 53.4 Å². The lowest BCUT2D eigenvalue weighted by Gasteiger charge is -2.35. The Kier molecular flexibility index (Phi) is 6.42. The van der Waals surface area contributed by atoms with E-state index in [0.29, 0.717) is 59.9 Å². The minimum absolute atomic E-state index is 0.0912. The number of fused-ring (bicyclic) bond motifs is 1. The van der Waals surface area contributed by atoms with Crippen molar-refractivity contribution in [1.82, 2.24) is 4.90 Å². The maximum absolute atomic E-state index is 12.8. The van der Waals surface area contributed by atoms with E-state index in [1.807, 2.05) is 42.5 Å². The van der Waals surface area contributed by atoms with E-state index >= 15 is 0 Å². The molecule has 0 bridgehead atoms. The number of hydrogen-bond acceptors (Lipinski definition) is 6. The van der Waals surface area contributed by atoms with Gasteiger partial charge >= 0.3 is 5.63 Å². The van der Waals surface area contributed by atoms with E-state index in [4.69, 9.17) is 8.83 Å². The fourth-order valence-electron chi connectivity index (χ4n) is 4.75. The normalized spacial score (nSPS) is 13.4. The van der Waals surface area contributed by atoms with E-state index < -0.39 is 5.63 Å². The zero-order valence-corrected chi connectivity index (χ0v) is 21.0. The summed E-state index contributed by atoms with van der Waals surface area (Å²) >= 11 is 0. The van der Waals surface area contributed by atoms with Crippen LogP contribution in [0.5, 0.6) is 0 Å². The molecule has 2 amide bonds. The number of amides is 2. The molecule has 1 saturated heterocycles. The molecule has 2 aromatic heterocycles. The Hall–Kier alpha value is -5.11. The highest BCUT2D eigenvalue weighted by Crippen LogP contribution is 2.23. The van der Waals surface area contributed by atoms with Gasteiger partial charge in [-0.05, 0) is 66.2 Å². The first-order valence-electron chi connectivity index (χ1n) is 12.7. The van der Waals surface area contributed by atoms with Gasteiger partial charge in [0.25, 0.3) is 11.8 Å². The van der Waals surface area contributed by atoms with Crippen molar-refractivity contribution in [2.45, 2.75) is 0 Å². The Morgan fingerprint density at radius 3 is 2.26 bits per heavy atom. The first-order valence-corrected chi connectivity index (χ1v) is 12.7. The van der Waals surface area contributed by atoms with Crippen molar-refractivity contribution in [2.75, 3.05) is 36.4 Å². The van der Waals surface area contributed by atoms with E-state index in [-0.39, 0.29) is 11.8 Å². The summed E-state index contributed by atoms with van der Waals surface area (Å²) in [5, 5.41) is 3.75. The van der Waals surface area contributed by atoms with Gasteiger partial charge < -0.3 is 24.0 Å². The summed E-state index contributed by atoms with van der Waals surface area (Å²) < 4.78 is 10.7. The number of hydrogen-bond donors (Lipinski definition) is 1. The van der Waals surface area contributed by atoms with Crippen LogP contribution in [0.15, 0.2) is 111 Å². The zero-order chi connectivity index (χ0) is 26.8. The molecule has 0 saturated carbocycles. The lowest BCUT2D eigenvalue weighted by Crippen LogP contribution is -2.48. The van der Waals surface area contributed by atoms with Gasteiger partial charge in [0.05, 0.1) is 11.8 Å². The first-order chi connectivity index (χ1) is 19.0. The highest BCUT2D eigenvalue weighted by Gasteiger charge is 2.23. The Bertz CT molecular complexity index is 1680. The van der Waals surface area contributed by atoms with Crippen molar-refractivity contribution in [1.29, 1.82) is 0 Å². The summed E-state index contributed by atoms with van der Waals surface area (Å²) in [5.41, 5.74) is 3.42. The second kappa shape index (κ2) is 10.3. The summed E-state index contributed by atoms with van der Waals surface area (Å²) in [6.45, 7) is 2.63. The lowest BCUT2D eigenvalue weighted by atomic mass is 10.0. The van der Waals surface area contributed by atoms with Crippen molar-refractivity contribution in [3.8, 4) is 11.1 Å². The van der Waals surface area contributed by atoms with Gasteiger partial charge in [-0.2, -0.15) is 0 Å². The van der Waals surface area contributed by atoms with Gasteiger partial charge in [0.2, 0.25) is 0 Å². The fraction of sp³-hybridized carbons (Fsp3) is 0.129. The van der Waals surface area contributed by atoms with E-state index in [1.165, 1.54) is 6.26 Å². The van der Waals surface area contributed by atoms with Crippen molar-refractivity contribution in [3.63, 3.8) is 0 Å². The molecule has 39 heavy (non-hydrogen) atoms. The van der Waals surface area contributed by atoms with Gasteiger partial charge in [-0.25, -0.2) is 4.79 Å². The van der Waals surface area contributed by atoms with Crippen LogP contribution in [-0.2, 0) is 0 Å². The van der Waals surface area contributed by atoms with E-state index in [9.17, 15) is 14.4 Å². The van der Waals surface area contributed by atoms with Crippen molar-refractivity contribution in [2.24, 2.45) is 0 Å². The van der Waals surface area contributed by atoms with Gasteiger partial charge in [-0.3, -0.25) is 9.59 Å². The monoisotopic (exact) mass is 519 g/mol. The molecule has 194 valence electrons. The highest BCUT2D eigenvalue weighted by molar-refractivity contribution is 6.04.